The second-order valence-electron chi connectivity index (χ2n) is 4.37. The average Bonchev–Trinajstić information content (AvgIpc) is 2.82. The molecule has 0 atom stereocenters. The van der Waals surface area contributed by atoms with E-state index in [4.69, 9.17) is 0 Å². The maximum Gasteiger partial charge on any atom is 0.219 e. The summed E-state index contributed by atoms with van der Waals surface area (Å²) in [6, 6.07) is 4.31. The van der Waals surface area contributed by atoms with E-state index in [0.717, 1.165) is 24.3 Å². The zero-order valence-electron chi connectivity index (χ0n) is 9.63. The summed E-state index contributed by atoms with van der Waals surface area (Å²) in [5, 5.41) is 4.35. The molecule has 1 aliphatic rings. The average molecular weight is 230 g/mol. The number of nitrogens with zero attached hydrogens (tertiary/aromatic N) is 3. The SMILES string of the molecule is CC(=O)N1CC(n2cc(-c3ccc[nH]3)cn2)C1. The smallest absolute Gasteiger partial charge is 0.219 e. The van der Waals surface area contributed by atoms with Crippen molar-refractivity contribution in [1.29, 1.82) is 0 Å². The molecule has 2 aromatic rings. The maximum atomic E-state index is 11.1. The number of hydrogen-bond acceptors (Lipinski definition) is 2. The van der Waals surface area contributed by atoms with Gasteiger partial charge in [-0.25, -0.2) is 0 Å². The van der Waals surface area contributed by atoms with Gasteiger partial charge in [-0.1, -0.05) is 0 Å². The van der Waals surface area contributed by atoms with Gasteiger partial charge in [0.05, 0.1) is 12.2 Å². The first-order valence-electron chi connectivity index (χ1n) is 5.67. The number of likely N-dealkylation sites (tertiary alicyclic amines) is 1. The van der Waals surface area contributed by atoms with Gasteiger partial charge < -0.3 is 9.88 Å². The molecule has 1 amide bonds. The summed E-state index contributed by atoms with van der Waals surface area (Å²) in [6.07, 6.45) is 5.77. The zero-order valence-corrected chi connectivity index (χ0v) is 9.63. The quantitative estimate of drug-likeness (QED) is 0.845. The molecular formula is C12H14N4O. The molecule has 1 aliphatic heterocycles. The van der Waals surface area contributed by atoms with Crippen molar-refractivity contribution in [1.82, 2.24) is 19.7 Å². The molecule has 0 unspecified atom stereocenters. The summed E-state index contributed by atoms with van der Waals surface area (Å²) in [7, 11) is 0. The van der Waals surface area contributed by atoms with E-state index >= 15 is 0 Å². The van der Waals surface area contributed by atoms with Gasteiger partial charge in [0.15, 0.2) is 0 Å². The highest BCUT2D eigenvalue weighted by Gasteiger charge is 2.30. The van der Waals surface area contributed by atoms with E-state index in [2.05, 4.69) is 10.1 Å². The van der Waals surface area contributed by atoms with Crippen LogP contribution in [0.15, 0.2) is 30.7 Å². The van der Waals surface area contributed by atoms with Crippen molar-refractivity contribution in [2.75, 3.05) is 13.1 Å². The van der Waals surface area contributed by atoms with E-state index in [1.165, 1.54) is 0 Å². The lowest BCUT2D eigenvalue weighted by molar-refractivity contribution is -0.134. The van der Waals surface area contributed by atoms with Crippen LogP contribution in [0.4, 0.5) is 0 Å². The van der Waals surface area contributed by atoms with Gasteiger partial charge in [0.25, 0.3) is 0 Å². The number of rotatable bonds is 2. The number of nitrogens with one attached hydrogen (secondary N) is 1. The summed E-state index contributed by atoms with van der Waals surface area (Å²) >= 11 is 0. The van der Waals surface area contributed by atoms with E-state index in [1.54, 1.807) is 6.92 Å². The minimum Gasteiger partial charge on any atom is -0.361 e. The van der Waals surface area contributed by atoms with Crippen LogP contribution in [0.25, 0.3) is 11.3 Å². The number of carbonyl (C=O) groups is 1. The Balaban J connectivity index is 1.72. The van der Waals surface area contributed by atoms with Crippen LogP contribution in [0.5, 0.6) is 0 Å². The highest BCUT2D eigenvalue weighted by molar-refractivity contribution is 5.74. The van der Waals surface area contributed by atoms with Gasteiger partial charge in [-0.15, -0.1) is 0 Å². The number of aromatic amines is 1. The fourth-order valence-electron chi connectivity index (χ4n) is 2.07. The van der Waals surface area contributed by atoms with Crippen LogP contribution < -0.4 is 0 Å². The fourth-order valence-corrected chi connectivity index (χ4v) is 2.07. The molecule has 0 spiro atoms. The predicted octanol–water partition coefficient (Wildman–Crippen LogP) is 1.28. The molecule has 1 fully saturated rings. The summed E-state index contributed by atoms with van der Waals surface area (Å²) in [6.45, 7) is 3.13. The summed E-state index contributed by atoms with van der Waals surface area (Å²) in [5.74, 6) is 0.137. The molecule has 2 aromatic heterocycles. The lowest BCUT2D eigenvalue weighted by atomic mass is 10.1. The second-order valence-corrected chi connectivity index (χ2v) is 4.37. The Morgan fingerprint density at radius 3 is 3.00 bits per heavy atom. The normalized spacial score (nSPS) is 15.9. The molecule has 3 heterocycles. The van der Waals surface area contributed by atoms with Crippen molar-refractivity contribution in [2.24, 2.45) is 0 Å². The van der Waals surface area contributed by atoms with Gasteiger partial charge in [-0.2, -0.15) is 5.10 Å². The van der Waals surface area contributed by atoms with Crippen molar-refractivity contribution >= 4 is 5.91 Å². The van der Waals surface area contributed by atoms with Gasteiger partial charge in [-0.3, -0.25) is 9.48 Å². The van der Waals surface area contributed by atoms with Crippen LogP contribution in [0, 0.1) is 0 Å². The van der Waals surface area contributed by atoms with Crippen molar-refractivity contribution in [3.8, 4) is 11.3 Å². The molecule has 17 heavy (non-hydrogen) atoms. The lowest BCUT2D eigenvalue weighted by Crippen LogP contribution is -2.49. The standard InChI is InChI=1S/C12H14N4O/c1-9(17)15-7-11(8-15)16-6-10(5-14-16)12-3-2-4-13-12/h2-6,11,13H,7-8H2,1H3. The van der Waals surface area contributed by atoms with Crippen LogP contribution in [-0.2, 0) is 4.79 Å². The van der Waals surface area contributed by atoms with E-state index < -0.39 is 0 Å². The molecule has 88 valence electrons. The molecule has 1 N–H and O–H groups in total. The molecular weight excluding hydrogens is 216 g/mol. The molecule has 5 nitrogen and oxygen atoms in total. The third kappa shape index (κ3) is 1.73. The van der Waals surface area contributed by atoms with Crippen LogP contribution in [-0.4, -0.2) is 38.7 Å². The largest absolute Gasteiger partial charge is 0.361 e. The Hall–Kier alpha value is -2.04. The summed E-state index contributed by atoms with van der Waals surface area (Å²) in [5.41, 5.74) is 2.15. The zero-order chi connectivity index (χ0) is 11.8. The van der Waals surface area contributed by atoms with Gasteiger partial charge in [0, 0.05) is 43.7 Å². The minimum atomic E-state index is 0.137. The van der Waals surface area contributed by atoms with Crippen LogP contribution in [0.3, 0.4) is 0 Å². The van der Waals surface area contributed by atoms with Gasteiger partial charge >= 0.3 is 0 Å². The Bertz CT molecular complexity index is 522. The monoisotopic (exact) mass is 230 g/mol. The number of carbonyl (C=O) groups excluding carboxylic acids is 1. The molecule has 5 heteroatoms. The number of aromatic nitrogens is 3. The van der Waals surface area contributed by atoms with E-state index in [-0.39, 0.29) is 5.91 Å². The highest BCUT2D eigenvalue weighted by atomic mass is 16.2. The van der Waals surface area contributed by atoms with Crippen LogP contribution >= 0.6 is 0 Å². The topological polar surface area (TPSA) is 53.9 Å². The van der Waals surface area contributed by atoms with Gasteiger partial charge in [-0.05, 0) is 12.1 Å². The Morgan fingerprint density at radius 1 is 1.53 bits per heavy atom. The Morgan fingerprint density at radius 2 is 2.35 bits per heavy atom. The fraction of sp³-hybridized carbons (Fsp3) is 0.333. The molecule has 0 aromatic carbocycles. The van der Waals surface area contributed by atoms with Crippen molar-refractivity contribution in [3.63, 3.8) is 0 Å². The van der Waals surface area contributed by atoms with Crippen LogP contribution in [0.1, 0.15) is 13.0 Å². The molecule has 1 saturated heterocycles. The number of hydrogen-bond donors (Lipinski definition) is 1. The first-order chi connectivity index (χ1) is 8.24. The summed E-state index contributed by atoms with van der Waals surface area (Å²) < 4.78 is 1.94. The van der Waals surface area contributed by atoms with E-state index in [9.17, 15) is 4.79 Å². The van der Waals surface area contributed by atoms with Crippen molar-refractivity contribution < 1.29 is 4.79 Å². The highest BCUT2D eigenvalue weighted by Crippen LogP contribution is 2.23. The maximum absolute atomic E-state index is 11.1. The third-order valence-corrected chi connectivity index (χ3v) is 3.19. The van der Waals surface area contributed by atoms with Gasteiger partial charge in [0.2, 0.25) is 5.91 Å². The minimum absolute atomic E-state index is 0.137. The predicted molar refractivity (Wildman–Crippen MR) is 63.3 cm³/mol. The van der Waals surface area contributed by atoms with E-state index in [1.807, 2.05) is 40.3 Å². The number of amides is 1. The molecule has 0 radical (unpaired) electrons. The van der Waals surface area contributed by atoms with Crippen molar-refractivity contribution in [3.05, 3.63) is 30.7 Å². The Labute approximate surface area is 99.0 Å². The number of H-pyrrole nitrogens is 1. The van der Waals surface area contributed by atoms with Crippen molar-refractivity contribution in [2.45, 2.75) is 13.0 Å². The Kier molecular flexibility index (Phi) is 2.24. The lowest BCUT2D eigenvalue weighted by Gasteiger charge is -2.38. The molecule has 0 bridgehead atoms. The van der Waals surface area contributed by atoms with Gasteiger partial charge in [0.1, 0.15) is 0 Å². The summed E-state index contributed by atoms with van der Waals surface area (Å²) in [4.78, 5) is 16.1. The molecule has 3 rings (SSSR count). The van der Waals surface area contributed by atoms with Crippen LogP contribution in [0.2, 0.25) is 0 Å². The first kappa shape index (κ1) is 10.1. The third-order valence-electron chi connectivity index (χ3n) is 3.19. The molecule has 0 saturated carbocycles. The second kappa shape index (κ2) is 3.76. The van der Waals surface area contributed by atoms with E-state index in [0.29, 0.717) is 6.04 Å². The molecule has 0 aliphatic carbocycles. The first-order valence-corrected chi connectivity index (χ1v) is 5.67.